The number of halogens is 1. The van der Waals surface area contributed by atoms with Gasteiger partial charge in [-0.05, 0) is 44.5 Å². The van der Waals surface area contributed by atoms with Crippen molar-refractivity contribution < 1.29 is 13.9 Å². The molecule has 1 aromatic carbocycles. The van der Waals surface area contributed by atoms with E-state index in [0.29, 0.717) is 6.61 Å². The van der Waals surface area contributed by atoms with Gasteiger partial charge < -0.3 is 14.8 Å². The van der Waals surface area contributed by atoms with Crippen molar-refractivity contribution in [3.05, 3.63) is 29.6 Å². The minimum absolute atomic E-state index is 0.00255. The van der Waals surface area contributed by atoms with Crippen molar-refractivity contribution in [2.24, 2.45) is 0 Å². The largest absolute Gasteiger partial charge is 0.494 e. The molecule has 0 aliphatic heterocycles. The Bertz CT molecular complexity index is 382. The van der Waals surface area contributed by atoms with E-state index in [1.165, 1.54) is 13.2 Å². The fraction of sp³-hybridized carbons (Fsp3) is 0.600. The first-order chi connectivity index (χ1) is 9.08. The Balaban J connectivity index is 2.80. The lowest BCUT2D eigenvalue weighted by Gasteiger charge is -2.21. The molecule has 19 heavy (non-hydrogen) atoms. The van der Waals surface area contributed by atoms with Crippen LogP contribution in [0.15, 0.2) is 18.2 Å². The van der Waals surface area contributed by atoms with Crippen LogP contribution < -0.4 is 10.1 Å². The number of hydrogen-bond acceptors (Lipinski definition) is 3. The summed E-state index contributed by atoms with van der Waals surface area (Å²) in [4.78, 5) is 0. The van der Waals surface area contributed by atoms with Gasteiger partial charge in [-0.1, -0.05) is 13.0 Å². The zero-order valence-corrected chi connectivity index (χ0v) is 12.2. The maximum atomic E-state index is 13.7. The van der Waals surface area contributed by atoms with Gasteiger partial charge in [-0.3, -0.25) is 0 Å². The number of ether oxygens (including phenoxy) is 2. The number of hydrogen-bond donors (Lipinski definition) is 1. The van der Waals surface area contributed by atoms with Crippen LogP contribution in [-0.4, -0.2) is 26.4 Å². The fourth-order valence-electron chi connectivity index (χ4n) is 1.78. The predicted octanol–water partition coefficient (Wildman–Crippen LogP) is 3.30. The second kappa shape index (κ2) is 8.12. The molecule has 0 saturated carbocycles. The highest BCUT2D eigenvalue weighted by molar-refractivity contribution is 5.31. The lowest BCUT2D eigenvalue weighted by atomic mass is 10.1. The van der Waals surface area contributed by atoms with Crippen molar-refractivity contribution in [1.29, 1.82) is 0 Å². The van der Waals surface area contributed by atoms with Crippen molar-refractivity contribution in [3.8, 4) is 5.75 Å². The van der Waals surface area contributed by atoms with Crippen LogP contribution in [0.3, 0.4) is 0 Å². The average molecular weight is 269 g/mol. The molecular formula is C15H24FNO2. The van der Waals surface area contributed by atoms with Gasteiger partial charge in [-0.25, -0.2) is 4.39 Å². The van der Waals surface area contributed by atoms with Crippen LogP contribution in [0.5, 0.6) is 5.75 Å². The Morgan fingerprint density at radius 2 is 2.05 bits per heavy atom. The SMILES string of the molecule is CCCNC(COC(C)C)c1ccc(OC)c(F)c1. The van der Waals surface area contributed by atoms with E-state index in [0.717, 1.165) is 18.5 Å². The van der Waals surface area contributed by atoms with E-state index >= 15 is 0 Å². The molecule has 0 bridgehead atoms. The lowest BCUT2D eigenvalue weighted by Crippen LogP contribution is -2.27. The molecule has 0 aromatic heterocycles. The zero-order valence-electron chi connectivity index (χ0n) is 12.2. The second-order valence-electron chi connectivity index (χ2n) is 4.78. The molecule has 108 valence electrons. The fourth-order valence-corrected chi connectivity index (χ4v) is 1.78. The van der Waals surface area contributed by atoms with E-state index in [2.05, 4.69) is 12.2 Å². The van der Waals surface area contributed by atoms with Crippen LogP contribution in [0.4, 0.5) is 4.39 Å². The maximum Gasteiger partial charge on any atom is 0.165 e. The van der Waals surface area contributed by atoms with Crippen LogP contribution in [0, 0.1) is 5.82 Å². The van der Waals surface area contributed by atoms with E-state index < -0.39 is 0 Å². The van der Waals surface area contributed by atoms with Crippen molar-refractivity contribution in [2.75, 3.05) is 20.3 Å². The van der Waals surface area contributed by atoms with Crippen LogP contribution in [-0.2, 0) is 4.74 Å². The van der Waals surface area contributed by atoms with Crippen LogP contribution in [0.25, 0.3) is 0 Å². The number of methoxy groups -OCH3 is 1. The molecule has 0 amide bonds. The summed E-state index contributed by atoms with van der Waals surface area (Å²) >= 11 is 0. The Hall–Kier alpha value is -1.13. The third-order valence-electron chi connectivity index (χ3n) is 2.82. The summed E-state index contributed by atoms with van der Waals surface area (Å²) in [6, 6.07) is 5.04. The van der Waals surface area contributed by atoms with E-state index in [4.69, 9.17) is 9.47 Å². The third-order valence-corrected chi connectivity index (χ3v) is 2.82. The van der Waals surface area contributed by atoms with E-state index in [9.17, 15) is 4.39 Å². The molecule has 0 aliphatic carbocycles. The van der Waals surface area contributed by atoms with Gasteiger partial charge in [0.1, 0.15) is 0 Å². The van der Waals surface area contributed by atoms with E-state index in [-0.39, 0.29) is 23.7 Å². The molecule has 0 heterocycles. The zero-order chi connectivity index (χ0) is 14.3. The predicted molar refractivity (Wildman–Crippen MR) is 75.1 cm³/mol. The monoisotopic (exact) mass is 269 g/mol. The minimum Gasteiger partial charge on any atom is -0.494 e. The molecule has 0 radical (unpaired) electrons. The van der Waals surface area contributed by atoms with Crippen molar-refractivity contribution in [2.45, 2.75) is 39.3 Å². The first kappa shape index (κ1) is 15.9. The summed E-state index contributed by atoms with van der Waals surface area (Å²) in [5.74, 6) is -0.0735. The number of benzene rings is 1. The van der Waals surface area contributed by atoms with E-state index in [1.54, 1.807) is 6.07 Å². The quantitative estimate of drug-likeness (QED) is 0.785. The second-order valence-corrected chi connectivity index (χ2v) is 4.78. The first-order valence-corrected chi connectivity index (χ1v) is 6.76. The van der Waals surface area contributed by atoms with Gasteiger partial charge >= 0.3 is 0 Å². The van der Waals surface area contributed by atoms with Crippen LogP contribution in [0.2, 0.25) is 0 Å². The summed E-state index contributed by atoms with van der Waals surface area (Å²) in [7, 11) is 1.47. The highest BCUT2D eigenvalue weighted by Gasteiger charge is 2.14. The van der Waals surface area contributed by atoms with Crippen LogP contribution in [0.1, 0.15) is 38.8 Å². The molecule has 1 unspecified atom stereocenters. The highest BCUT2D eigenvalue weighted by Crippen LogP contribution is 2.22. The van der Waals surface area contributed by atoms with Gasteiger partial charge in [0.25, 0.3) is 0 Å². The molecule has 1 N–H and O–H groups in total. The maximum absolute atomic E-state index is 13.7. The summed E-state index contributed by atoms with van der Waals surface area (Å²) < 4.78 is 24.3. The van der Waals surface area contributed by atoms with Crippen molar-refractivity contribution in [1.82, 2.24) is 5.32 Å². The number of rotatable bonds is 8. The minimum atomic E-state index is -0.340. The summed E-state index contributed by atoms with van der Waals surface area (Å²) in [5.41, 5.74) is 0.882. The highest BCUT2D eigenvalue weighted by atomic mass is 19.1. The lowest BCUT2D eigenvalue weighted by molar-refractivity contribution is 0.0610. The Kier molecular flexibility index (Phi) is 6.81. The average Bonchev–Trinajstić information content (AvgIpc) is 2.38. The molecule has 0 spiro atoms. The van der Waals surface area contributed by atoms with E-state index in [1.807, 2.05) is 19.9 Å². The topological polar surface area (TPSA) is 30.5 Å². The first-order valence-electron chi connectivity index (χ1n) is 6.76. The van der Waals surface area contributed by atoms with Crippen molar-refractivity contribution in [3.63, 3.8) is 0 Å². The molecule has 1 atom stereocenters. The molecule has 0 fully saturated rings. The van der Waals surface area contributed by atoms with Gasteiger partial charge in [-0.15, -0.1) is 0 Å². The molecule has 3 nitrogen and oxygen atoms in total. The third kappa shape index (κ3) is 5.17. The summed E-state index contributed by atoms with van der Waals surface area (Å²) in [5, 5.41) is 3.37. The summed E-state index contributed by atoms with van der Waals surface area (Å²) in [6.45, 7) is 7.49. The molecule has 4 heteroatoms. The van der Waals surface area contributed by atoms with Crippen LogP contribution >= 0.6 is 0 Å². The van der Waals surface area contributed by atoms with Gasteiger partial charge in [-0.2, -0.15) is 0 Å². The Labute approximate surface area is 115 Å². The molecule has 0 saturated heterocycles. The number of nitrogens with one attached hydrogen (secondary N) is 1. The molecule has 1 aromatic rings. The Morgan fingerprint density at radius 3 is 2.58 bits per heavy atom. The molecular weight excluding hydrogens is 245 g/mol. The molecule has 0 aliphatic rings. The normalized spacial score (nSPS) is 12.7. The summed E-state index contributed by atoms with van der Waals surface area (Å²) in [6.07, 6.45) is 1.19. The smallest absolute Gasteiger partial charge is 0.165 e. The standard InChI is InChI=1S/C15H24FNO2/c1-5-8-17-14(10-19-11(2)3)12-6-7-15(18-4)13(16)9-12/h6-7,9,11,14,17H,5,8,10H2,1-4H3. The van der Waals surface area contributed by atoms with Gasteiger partial charge in [0.2, 0.25) is 0 Å². The van der Waals surface area contributed by atoms with Crippen molar-refractivity contribution >= 4 is 0 Å². The Morgan fingerprint density at radius 1 is 1.32 bits per heavy atom. The van der Waals surface area contributed by atoms with Gasteiger partial charge in [0.05, 0.1) is 25.9 Å². The molecule has 1 rings (SSSR count). The van der Waals surface area contributed by atoms with Gasteiger partial charge in [0.15, 0.2) is 11.6 Å². The van der Waals surface area contributed by atoms with Gasteiger partial charge in [0, 0.05) is 0 Å².